The predicted molar refractivity (Wildman–Crippen MR) is 12.2 cm³/mol. The third-order valence-electron chi connectivity index (χ3n) is 0. The Bertz CT molecular complexity index is 8.00. The van der Waals surface area contributed by atoms with Crippen LogP contribution >= 0.6 is 9.90 Å². The van der Waals surface area contributed by atoms with Crippen molar-refractivity contribution in [2.75, 3.05) is 0 Å². The zero-order valence-corrected chi connectivity index (χ0v) is 5.52. The molecule has 0 aromatic rings. The maximum Gasteiger partial charge on any atom is 0 e. The van der Waals surface area contributed by atoms with E-state index in [1.54, 1.807) is 0 Å². The fourth-order valence-electron chi connectivity index (χ4n) is 0. The molecule has 0 saturated heterocycles. The van der Waals surface area contributed by atoms with Crippen molar-refractivity contribution >= 4 is 9.90 Å². The van der Waals surface area contributed by atoms with Gasteiger partial charge in [-0.3, -0.25) is 0 Å². The summed E-state index contributed by atoms with van der Waals surface area (Å²) in [5.74, 6) is 0. The first-order chi connectivity index (χ1) is 0. The van der Waals surface area contributed by atoms with E-state index in [1.165, 1.54) is 0 Å². The molecule has 4 heavy (non-hydrogen) atoms. The Kier molecular flexibility index (Phi) is 347. The van der Waals surface area contributed by atoms with E-state index >= 15 is 0 Å². The zero-order chi connectivity index (χ0) is 0. The number of hydrogen-bond acceptors (Lipinski definition) is 0. The number of hydrogen-bond donors (Lipinski definition) is 0. The predicted octanol–water partition coefficient (Wildman–Crippen LogP) is 0.473. The van der Waals surface area contributed by atoms with Gasteiger partial charge in [-0.15, -0.1) is 0 Å². The molecule has 0 saturated carbocycles. The number of rotatable bonds is 0. The molecule has 1 unspecified atom stereocenters. The zero-order valence-electron chi connectivity index (χ0n) is 1.82. The van der Waals surface area contributed by atoms with Crippen molar-refractivity contribution in [3.63, 3.8) is 0 Å². The van der Waals surface area contributed by atoms with Crippen LogP contribution in [-0.4, -0.2) is 0 Å². The van der Waals surface area contributed by atoms with Crippen LogP contribution in [0, 0.1) is 0 Å². The third kappa shape index (κ3) is 9.99. The maximum atomic E-state index is 0. The van der Waals surface area contributed by atoms with Crippen LogP contribution in [0.1, 0.15) is 0 Å². The largest absolute Gasteiger partial charge is 0.153 e. The van der Waals surface area contributed by atoms with Crippen LogP contribution in [0.3, 0.4) is 0 Å². The molecule has 30 valence electrons. The molecule has 4 heteroatoms. The van der Waals surface area contributed by atoms with Crippen LogP contribution in [0.2, 0.25) is 0 Å². The summed E-state index contributed by atoms with van der Waals surface area (Å²) in [5.41, 5.74) is 0. The molecule has 1 atom stereocenters. The van der Waals surface area contributed by atoms with Gasteiger partial charge in [-0.1, -0.05) is 0 Å². The molecular formula is H3FFeMnP. The summed E-state index contributed by atoms with van der Waals surface area (Å²) in [5, 5.41) is 0. The minimum absolute atomic E-state index is 0. The average molecular weight is 164 g/mol. The molecule has 2 radical (unpaired) electrons. The van der Waals surface area contributed by atoms with Crippen LogP contribution in [0.25, 0.3) is 0 Å². The van der Waals surface area contributed by atoms with Crippen LogP contribution in [0.5, 0.6) is 0 Å². The van der Waals surface area contributed by atoms with Gasteiger partial charge in [0.15, 0.2) is 0 Å². The summed E-state index contributed by atoms with van der Waals surface area (Å²) < 4.78 is 0. The van der Waals surface area contributed by atoms with Gasteiger partial charge in [-0.05, 0) is 0 Å². The standard InChI is InChI=1S/F.Fe.Mn.H3P/h;;;1H3. The molecular weight excluding hydrogens is 161 g/mol. The van der Waals surface area contributed by atoms with E-state index in [4.69, 9.17) is 0 Å². The molecule has 0 heterocycles. The van der Waals surface area contributed by atoms with Gasteiger partial charge in [0.2, 0.25) is 0 Å². The van der Waals surface area contributed by atoms with Gasteiger partial charge in [-0.25, -0.2) is 0 Å². The first kappa shape index (κ1) is 53.4. The van der Waals surface area contributed by atoms with Gasteiger partial charge in [-0.2, -0.15) is 9.90 Å². The average Bonchev–Trinajstić information content (AvgIpc) is 0. The van der Waals surface area contributed by atoms with Gasteiger partial charge in [0, 0.05) is 38.8 Å². The first-order valence-corrected chi connectivity index (χ1v) is 0. The van der Waals surface area contributed by atoms with Crippen molar-refractivity contribution in [3.8, 4) is 0 Å². The fourth-order valence-corrected chi connectivity index (χ4v) is 0. The van der Waals surface area contributed by atoms with E-state index in [2.05, 4.69) is 0 Å². The van der Waals surface area contributed by atoms with E-state index in [0.717, 1.165) is 0 Å². The Balaban J connectivity index is 0. The molecule has 0 aliphatic carbocycles. The van der Waals surface area contributed by atoms with Crippen LogP contribution in [0.15, 0.2) is 0 Å². The molecule has 0 N–H and O–H groups in total. The van der Waals surface area contributed by atoms with Crippen molar-refractivity contribution in [1.82, 2.24) is 0 Å². The smallest absolute Gasteiger partial charge is 0 e. The van der Waals surface area contributed by atoms with E-state index in [-0.39, 0.29) is 48.7 Å². The molecule has 0 aromatic heterocycles. The van der Waals surface area contributed by atoms with Gasteiger partial charge in [0.05, 0.1) is 0 Å². The van der Waals surface area contributed by atoms with Gasteiger partial charge in [0.1, 0.15) is 0 Å². The monoisotopic (exact) mass is 164 g/mol. The summed E-state index contributed by atoms with van der Waals surface area (Å²) in [6.45, 7) is 0. The SMILES string of the molecule is P.[F].[Fe].[Mn]. The fraction of sp³-hybridized carbons (Fsp3) is 0. The summed E-state index contributed by atoms with van der Waals surface area (Å²) in [6, 6.07) is 0. The van der Waals surface area contributed by atoms with Crippen molar-refractivity contribution in [2.45, 2.75) is 0 Å². The molecule has 0 spiro atoms. The van der Waals surface area contributed by atoms with E-state index in [9.17, 15) is 0 Å². The van der Waals surface area contributed by atoms with E-state index < -0.39 is 0 Å². The van der Waals surface area contributed by atoms with E-state index in [0.29, 0.717) is 0 Å². The Morgan fingerprint density at radius 2 is 1.00 bits per heavy atom. The second kappa shape index (κ2) is 26.0. The van der Waals surface area contributed by atoms with Gasteiger partial charge in [0.25, 0.3) is 0 Å². The Hall–Kier alpha value is 1.40. The topological polar surface area (TPSA) is 0 Å². The quantitative estimate of drug-likeness (QED) is 0.360. The summed E-state index contributed by atoms with van der Waals surface area (Å²) in [6.07, 6.45) is 0. The Labute approximate surface area is 49.0 Å². The molecule has 0 bridgehead atoms. The molecule has 0 amide bonds. The Morgan fingerprint density at radius 3 is 1.00 bits per heavy atom. The molecule has 0 aromatic carbocycles. The first-order valence-electron chi connectivity index (χ1n) is 0. The van der Waals surface area contributed by atoms with Crippen LogP contribution in [0.4, 0.5) is 4.70 Å². The van der Waals surface area contributed by atoms with Crippen molar-refractivity contribution < 1.29 is 38.8 Å². The molecule has 0 nitrogen and oxygen atoms in total. The van der Waals surface area contributed by atoms with Crippen molar-refractivity contribution in [3.05, 3.63) is 0 Å². The van der Waals surface area contributed by atoms with Gasteiger partial charge >= 0.3 is 0 Å². The third-order valence-corrected chi connectivity index (χ3v) is 0. The number of halogens is 1. The second-order valence-electron chi connectivity index (χ2n) is 0. The van der Waals surface area contributed by atoms with Crippen molar-refractivity contribution in [2.24, 2.45) is 0 Å². The summed E-state index contributed by atoms with van der Waals surface area (Å²) >= 11 is 0. The molecule has 0 fully saturated rings. The Morgan fingerprint density at radius 1 is 1.00 bits per heavy atom. The summed E-state index contributed by atoms with van der Waals surface area (Å²) in [7, 11) is 0. The van der Waals surface area contributed by atoms with Gasteiger partial charge < -0.3 is 0 Å². The van der Waals surface area contributed by atoms with Crippen LogP contribution < -0.4 is 0 Å². The van der Waals surface area contributed by atoms with E-state index in [1.807, 2.05) is 0 Å². The normalized spacial score (nSPS) is 0. The molecule has 0 rings (SSSR count). The van der Waals surface area contributed by atoms with Crippen LogP contribution in [-0.2, 0) is 34.1 Å². The van der Waals surface area contributed by atoms with Crippen molar-refractivity contribution in [1.29, 1.82) is 0 Å². The minimum Gasteiger partial charge on any atom is -0.153 e. The maximum absolute atomic E-state index is 0. The molecule has 0 aliphatic heterocycles. The molecule has 0 aliphatic rings. The summed E-state index contributed by atoms with van der Waals surface area (Å²) in [4.78, 5) is 0. The minimum atomic E-state index is 0. The second-order valence-corrected chi connectivity index (χ2v) is 0.